The van der Waals surface area contributed by atoms with Gasteiger partial charge in [0.25, 0.3) is 0 Å². The van der Waals surface area contributed by atoms with E-state index in [0.717, 1.165) is 44.5 Å². The summed E-state index contributed by atoms with van der Waals surface area (Å²) in [6, 6.07) is 35.4. The predicted molar refractivity (Wildman–Crippen MR) is 184 cm³/mol. The quantitative estimate of drug-likeness (QED) is 0.147. The third kappa shape index (κ3) is 6.63. The van der Waals surface area contributed by atoms with Crippen LogP contribution in [0.25, 0.3) is 32.0 Å². The molecule has 42 heavy (non-hydrogen) atoms. The monoisotopic (exact) mass is 573 g/mol. The Bertz CT molecular complexity index is 1560. The van der Waals surface area contributed by atoms with Crippen LogP contribution in [0.5, 0.6) is 5.75 Å². The van der Waals surface area contributed by atoms with Gasteiger partial charge in [0.15, 0.2) is 0 Å². The molecule has 0 aliphatic rings. The van der Waals surface area contributed by atoms with Gasteiger partial charge in [-0.3, -0.25) is 0 Å². The first kappa shape index (κ1) is 29.7. The van der Waals surface area contributed by atoms with Gasteiger partial charge in [-0.05, 0) is 96.0 Å². The van der Waals surface area contributed by atoms with Crippen molar-refractivity contribution >= 4 is 22.7 Å². The Morgan fingerprint density at radius 3 is 1.43 bits per heavy atom. The van der Waals surface area contributed by atoms with Crippen molar-refractivity contribution in [3.63, 3.8) is 0 Å². The van der Waals surface area contributed by atoms with Crippen molar-refractivity contribution in [3.05, 3.63) is 114 Å². The van der Waals surface area contributed by atoms with Crippen LogP contribution in [0.15, 0.2) is 97.1 Å². The average Bonchev–Trinajstić information content (AvgIpc) is 3.38. The van der Waals surface area contributed by atoms with Gasteiger partial charge < -0.3 is 9.64 Å². The van der Waals surface area contributed by atoms with E-state index in [0.29, 0.717) is 0 Å². The van der Waals surface area contributed by atoms with Crippen LogP contribution in [0.2, 0.25) is 0 Å². The molecule has 0 saturated carbocycles. The minimum Gasteiger partial charge on any atom is -0.494 e. The largest absolute Gasteiger partial charge is 0.494 e. The van der Waals surface area contributed by atoms with Crippen molar-refractivity contribution in [3.8, 4) is 37.8 Å². The summed E-state index contributed by atoms with van der Waals surface area (Å²) in [6.45, 7) is 9.63. The van der Waals surface area contributed by atoms with Crippen LogP contribution in [0.1, 0.15) is 56.7 Å². The molecule has 2 nitrogen and oxygen atoms in total. The van der Waals surface area contributed by atoms with E-state index in [1.165, 1.54) is 48.9 Å². The Morgan fingerprint density at radius 2 is 0.976 bits per heavy atom. The predicted octanol–water partition coefficient (Wildman–Crippen LogP) is 11.5. The van der Waals surface area contributed by atoms with Crippen molar-refractivity contribution in [2.45, 2.75) is 59.8 Å². The Balaban J connectivity index is 1.38. The first-order valence-electron chi connectivity index (χ1n) is 15.4. The van der Waals surface area contributed by atoms with Crippen LogP contribution >= 0.6 is 11.3 Å². The Hall–Kier alpha value is -3.82. The van der Waals surface area contributed by atoms with E-state index in [4.69, 9.17) is 4.74 Å². The summed E-state index contributed by atoms with van der Waals surface area (Å²) in [5.41, 5.74) is 11.8. The summed E-state index contributed by atoms with van der Waals surface area (Å²) >= 11 is 1.97. The second kappa shape index (κ2) is 13.9. The average molecular weight is 574 g/mol. The van der Waals surface area contributed by atoms with E-state index >= 15 is 0 Å². The smallest absolute Gasteiger partial charge is 0.119 e. The van der Waals surface area contributed by atoms with E-state index in [1.807, 2.05) is 11.3 Å². The molecule has 3 heteroatoms. The topological polar surface area (TPSA) is 12.5 Å². The number of aryl methyl sites for hydroxylation is 1. The Kier molecular flexibility index (Phi) is 9.81. The minimum absolute atomic E-state index is 0.753. The third-order valence-corrected chi connectivity index (χ3v) is 9.23. The van der Waals surface area contributed by atoms with Crippen molar-refractivity contribution in [2.75, 3.05) is 18.6 Å². The normalized spacial score (nSPS) is 11.1. The fourth-order valence-corrected chi connectivity index (χ4v) is 6.93. The van der Waals surface area contributed by atoms with Gasteiger partial charge in [0.05, 0.1) is 6.61 Å². The van der Waals surface area contributed by atoms with E-state index in [1.54, 1.807) is 11.1 Å². The number of hydrogen-bond acceptors (Lipinski definition) is 3. The Labute approximate surface area is 256 Å². The molecule has 4 aromatic carbocycles. The molecule has 5 aromatic rings. The van der Waals surface area contributed by atoms with E-state index < -0.39 is 0 Å². The van der Waals surface area contributed by atoms with Crippen molar-refractivity contribution < 1.29 is 4.74 Å². The molecule has 0 saturated heterocycles. The maximum atomic E-state index is 5.74. The zero-order valence-electron chi connectivity index (χ0n) is 25.7. The molecule has 0 atom stereocenters. The van der Waals surface area contributed by atoms with Crippen molar-refractivity contribution in [1.82, 2.24) is 0 Å². The lowest BCUT2D eigenvalue weighted by atomic mass is 9.95. The maximum absolute atomic E-state index is 5.74. The van der Waals surface area contributed by atoms with Crippen LogP contribution in [-0.2, 0) is 12.8 Å². The van der Waals surface area contributed by atoms with Crippen LogP contribution in [0, 0.1) is 6.92 Å². The summed E-state index contributed by atoms with van der Waals surface area (Å²) in [5, 5.41) is 0. The zero-order valence-corrected chi connectivity index (χ0v) is 26.6. The maximum Gasteiger partial charge on any atom is 0.119 e. The first-order chi connectivity index (χ1) is 20.5. The van der Waals surface area contributed by atoms with Gasteiger partial charge in [0, 0.05) is 28.2 Å². The van der Waals surface area contributed by atoms with Crippen LogP contribution in [0.4, 0.5) is 11.4 Å². The second-order valence-corrected chi connectivity index (χ2v) is 12.1. The molecular weight excluding hydrogens is 531 g/mol. The lowest BCUT2D eigenvalue weighted by Gasteiger charge is -2.20. The highest BCUT2D eigenvalue weighted by atomic mass is 32.1. The number of benzene rings is 4. The summed E-state index contributed by atoms with van der Waals surface area (Å²) < 4.78 is 5.74. The van der Waals surface area contributed by atoms with Gasteiger partial charge in [0.1, 0.15) is 5.75 Å². The highest BCUT2D eigenvalue weighted by Gasteiger charge is 2.19. The third-order valence-electron chi connectivity index (χ3n) is 7.86. The molecule has 0 amide bonds. The minimum atomic E-state index is 0.753. The molecule has 0 N–H and O–H groups in total. The molecule has 5 rings (SSSR count). The standard InChI is InChI=1S/C39H43NOS/c1-6-9-36-37(10-7-2)39(42-38(36)31-13-11-28(4)12-14-31)32-17-23-34(24-18-32)40(5)33-21-15-29(16-22-33)30-19-25-35(26-20-30)41-27-8-3/h11-26H,6-10,27H2,1-5H3. The van der Waals surface area contributed by atoms with Gasteiger partial charge in [-0.1, -0.05) is 99.8 Å². The van der Waals surface area contributed by atoms with E-state index in [-0.39, 0.29) is 0 Å². The lowest BCUT2D eigenvalue weighted by Crippen LogP contribution is -2.09. The fourth-order valence-electron chi connectivity index (χ4n) is 5.53. The van der Waals surface area contributed by atoms with Gasteiger partial charge >= 0.3 is 0 Å². The number of nitrogens with zero attached hydrogens (tertiary/aromatic N) is 1. The summed E-state index contributed by atoms with van der Waals surface area (Å²) in [5.74, 6) is 0.928. The highest BCUT2D eigenvalue weighted by molar-refractivity contribution is 7.19. The molecule has 0 aliphatic heterocycles. The lowest BCUT2D eigenvalue weighted by molar-refractivity contribution is 0.317. The molecule has 0 aliphatic carbocycles. The molecule has 216 valence electrons. The summed E-state index contributed by atoms with van der Waals surface area (Å²) in [6.07, 6.45) is 5.58. The molecule has 0 unspecified atom stereocenters. The number of thiophene rings is 1. The molecular formula is C39H43NOS. The number of anilines is 2. The van der Waals surface area contributed by atoms with Crippen molar-refractivity contribution in [2.24, 2.45) is 0 Å². The van der Waals surface area contributed by atoms with Gasteiger partial charge in [0.2, 0.25) is 0 Å². The molecule has 1 aromatic heterocycles. The van der Waals surface area contributed by atoms with Gasteiger partial charge in [-0.15, -0.1) is 11.3 Å². The Morgan fingerprint density at radius 1 is 0.548 bits per heavy atom. The number of hydrogen-bond donors (Lipinski definition) is 0. The highest BCUT2D eigenvalue weighted by Crippen LogP contribution is 2.44. The van der Waals surface area contributed by atoms with Crippen LogP contribution < -0.4 is 9.64 Å². The summed E-state index contributed by atoms with van der Waals surface area (Å²) in [4.78, 5) is 5.14. The molecule has 0 fully saturated rings. The number of rotatable bonds is 12. The number of ether oxygens (including phenoxy) is 1. The summed E-state index contributed by atoms with van der Waals surface area (Å²) in [7, 11) is 2.15. The van der Waals surface area contributed by atoms with Crippen LogP contribution in [0.3, 0.4) is 0 Å². The zero-order chi connectivity index (χ0) is 29.5. The molecule has 1 heterocycles. The molecule has 0 radical (unpaired) electrons. The molecule has 0 spiro atoms. The first-order valence-corrected chi connectivity index (χ1v) is 16.2. The SMILES string of the molecule is CCCOc1ccc(-c2ccc(N(C)c3ccc(-c4sc(-c5ccc(C)cc5)c(CCC)c4CCC)cc3)cc2)cc1. The van der Waals surface area contributed by atoms with E-state index in [2.05, 4.69) is 137 Å². The van der Waals surface area contributed by atoms with Crippen molar-refractivity contribution in [1.29, 1.82) is 0 Å². The second-order valence-electron chi connectivity index (χ2n) is 11.1. The van der Waals surface area contributed by atoms with Gasteiger partial charge in [-0.25, -0.2) is 0 Å². The van der Waals surface area contributed by atoms with Gasteiger partial charge in [-0.2, -0.15) is 0 Å². The van der Waals surface area contributed by atoms with E-state index in [9.17, 15) is 0 Å². The van der Waals surface area contributed by atoms with Crippen LogP contribution in [-0.4, -0.2) is 13.7 Å². The molecule has 0 bridgehead atoms. The fraction of sp³-hybridized carbons (Fsp3) is 0.282.